The molecule has 1 aliphatic rings. The fraction of sp³-hybridized carbons (Fsp3) is 0.636. The molecule has 1 aromatic heterocycles. The Morgan fingerprint density at radius 1 is 1.57 bits per heavy atom. The summed E-state index contributed by atoms with van der Waals surface area (Å²) in [5.41, 5.74) is 1.42. The number of likely N-dealkylation sites (N-methyl/N-ethyl adjacent to an activating group) is 1. The Morgan fingerprint density at radius 3 is 3.21 bits per heavy atom. The lowest BCUT2D eigenvalue weighted by atomic mass is 10.1. The van der Waals surface area contributed by atoms with Crippen LogP contribution in [0.3, 0.4) is 0 Å². The number of aryl methyl sites for hydroxylation is 1. The lowest BCUT2D eigenvalue weighted by Gasteiger charge is -2.33. The molecule has 2 heterocycles. The van der Waals surface area contributed by atoms with Crippen molar-refractivity contribution < 1.29 is 0 Å². The average molecular weight is 193 g/mol. The van der Waals surface area contributed by atoms with E-state index < -0.39 is 0 Å². The molecule has 3 heteroatoms. The van der Waals surface area contributed by atoms with Crippen LogP contribution in [0.1, 0.15) is 12.0 Å². The number of piperazine rings is 1. The van der Waals surface area contributed by atoms with Crippen LogP contribution >= 0.6 is 0 Å². The number of hydrogen-bond acceptors (Lipinski definition) is 2. The summed E-state index contributed by atoms with van der Waals surface area (Å²) in [5.74, 6) is 0. The predicted octanol–water partition coefficient (Wildman–Crippen LogP) is 0.851. The van der Waals surface area contributed by atoms with E-state index in [9.17, 15) is 0 Å². The number of H-pyrrole nitrogens is 1. The first-order chi connectivity index (χ1) is 6.86. The van der Waals surface area contributed by atoms with E-state index in [1.165, 1.54) is 24.9 Å². The highest BCUT2D eigenvalue weighted by molar-refractivity contribution is 5.08. The summed E-state index contributed by atoms with van der Waals surface area (Å²) in [4.78, 5) is 5.56. The van der Waals surface area contributed by atoms with Gasteiger partial charge in [-0.05, 0) is 31.5 Å². The summed E-state index contributed by atoms with van der Waals surface area (Å²) in [7, 11) is 2.22. The summed E-state index contributed by atoms with van der Waals surface area (Å²) in [5, 5.41) is 3.45. The zero-order valence-corrected chi connectivity index (χ0v) is 8.79. The fourth-order valence-corrected chi connectivity index (χ4v) is 2.03. The number of hydrogen-bond donors (Lipinski definition) is 2. The van der Waals surface area contributed by atoms with Crippen molar-refractivity contribution in [3.05, 3.63) is 24.0 Å². The minimum atomic E-state index is 0.707. The quantitative estimate of drug-likeness (QED) is 0.745. The first kappa shape index (κ1) is 9.74. The van der Waals surface area contributed by atoms with Crippen LogP contribution in [0, 0.1) is 0 Å². The van der Waals surface area contributed by atoms with Gasteiger partial charge in [0.2, 0.25) is 0 Å². The summed E-state index contributed by atoms with van der Waals surface area (Å²) in [6, 6.07) is 2.87. The highest BCUT2D eigenvalue weighted by Crippen LogP contribution is 2.09. The monoisotopic (exact) mass is 193 g/mol. The summed E-state index contributed by atoms with van der Waals surface area (Å²) in [6.45, 7) is 3.45. The van der Waals surface area contributed by atoms with Gasteiger partial charge in [-0.3, -0.25) is 0 Å². The third-order valence-electron chi connectivity index (χ3n) is 3.07. The Kier molecular flexibility index (Phi) is 3.22. The van der Waals surface area contributed by atoms with E-state index >= 15 is 0 Å². The third kappa shape index (κ3) is 2.36. The molecule has 1 fully saturated rings. The van der Waals surface area contributed by atoms with Crippen molar-refractivity contribution in [1.82, 2.24) is 15.2 Å². The number of aromatic nitrogens is 1. The predicted molar refractivity (Wildman–Crippen MR) is 58.4 cm³/mol. The molecule has 0 aromatic carbocycles. The second kappa shape index (κ2) is 4.62. The van der Waals surface area contributed by atoms with E-state index in [0.717, 1.165) is 13.1 Å². The Hall–Kier alpha value is -0.800. The highest BCUT2D eigenvalue weighted by atomic mass is 15.2. The Bertz CT molecular complexity index is 256. The molecule has 0 spiro atoms. The maximum atomic E-state index is 3.45. The van der Waals surface area contributed by atoms with Crippen LogP contribution in [0.2, 0.25) is 0 Å². The zero-order chi connectivity index (χ0) is 9.80. The van der Waals surface area contributed by atoms with Crippen LogP contribution in [-0.4, -0.2) is 42.6 Å². The SMILES string of the molecule is CN1CCNCC1CCc1cc[nH]c1. The standard InChI is InChI=1S/C11H19N3/c1-14-7-6-13-9-11(14)3-2-10-4-5-12-8-10/h4-5,8,11-13H,2-3,6-7,9H2,1H3. The lowest BCUT2D eigenvalue weighted by Crippen LogP contribution is -2.49. The largest absolute Gasteiger partial charge is 0.367 e. The molecule has 0 radical (unpaired) electrons. The summed E-state index contributed by atoms with van der Waals surface area (Å²) < 4.78 is 0. The molecule has 0 aliphatic carbocycles. The molecule has 0 bridgehead atoms. The minimum absolute atomic E-state index is 0.707. The normalized spacial score (nSPS) is 23.9. The van der Waals surface area contributed by atoms with E-state index in [2.05, 4.69) is 34.5 Å². The first-order valence-electron chi connectivity index (χ1n) is 5.39. The fourth-order valence-electron chi connectivity index (χ4n) is 2.03. The van der Waals surface area contributed by atoms with Crippen molar-refractivity contribution in [1.29, 1.82) is 0 Å². The van der Waals surface area contributed by atoms with E-state index in [1.54, 1.807) is 0 Å². The first-order valence-corrected chi connectivity index (χ1v) is 5.39. The van der Waals surface area contributed by atoms with E-state index in [0.29, 0.717) is 6.04 Å². The molecule has 1 aromatic rings. The Morgan fingerprint density at radius 2 is 2.50 bits per heavy atom. The molecular weight excluding hydrogens is 174 g/mol. The smallest absolute Gasteiger partial charge is 0.0221 e. The Balaban J connectivity index is 1.79. The second-order valence-corrected chi connectivity index (χ2v) is 4.10. The third-order valence-corrected chi connectivity index (χ3v) is 3.07. The van der Waals surface area contributed by atoms with Gasteiger partial charge in [0.25, 0.3) is 0 Å². The molecule has 14 heavy (non-hydrogen) atoms. The summed E-state index contributed by atoms with van der Waals surface area (Å²) in [6.07, 6.45) is 6.52. The minimum Gasteiger partial charge on any atom is -0.367 e. The average Bonchev–Trinajstić information content (AvgIpc) is 2.69. The van der Waals surface area contributed by atoms with E-state index in [4.69, 9.17) is 0 Å². The van der Waals surface area contributed by atoms with Crippen LogP contribution in [-0.2, 0) is 6.42 Å². The van der Waals surface area contributed by atoms with Gasteiger partial charge in [0.1, 0.15) is 0 Å². The van der Waals surface area contributed by atoms with Crippen molar-refractivity contribution in [2.45, 2.75) is 18.9 Å². The van der Waals surface area contributed by atoms with E-state index in [-0.39, 0.29) is 0 Å². The van der Waals surface area contributed by atoms with Gasteiger partial charge in [-0.1, -0.05) is 0 Å². The van der Waals surface area contributed by atoms with Crippen LogP contribution < -0.4 is 5.32 Å². The van der Waals surface area contributed by atoms with Crippen molar-refractivity contribution >= 4 is 0 Å². The van der Waals surface area contributed by atoms with Gasteiger partial charge in [-0.15, -0.1) is 0 Å². The number of rotatable bonds is 3. The zero-order valence-electron chi connectivity index (χ0n) is 8.79. The lowest BCUT2D eigenvalue weighted by molar-refractivity contribution is 0.191. The van der Waals surface area contributed by atoms with Crippen LogP contribution in [0.4, 0.5) is 0 Å². The topological polar surface area (TPSA) is 31.1 Å². The molecule has 0 saturated carbocycles. The molecule has 1 saturated heterocycles. The second-order valence-electron chi connectivity index (χ2n) is 4.10. The molecule has 3 nitrogen and oxygen atoms in total. The molecule has 1 unspecified atom stereocenters. The number of aromatic amines is 1. The highest BCUT2D eigenvalue weighted by Gasteiger charge is 2.17. The maximum absolute atomic E-state index is 3.45. The van der Waals surface area contributed by atoms with Crippen molar-refractivity contribution in [3.8, 4) is 0 Å². The van der Waals surface area contributed by atoms with Gasteiger partial charge in [0, 0.05) is 38.1 Å². The maximum Gasteiger partial charge on any atom is 0.0221 e. The molecular formula is C11H19N3. The van der Waals surface area contributed by atoms with Gasteiger partial charge >= 0.3 is 0 Å². The van der Waals surface area contributed by atoms with Crippen molar-refractivity contribution in [3.63, 3.8) is 0 Å². The molecule has 2 rings (SSSR count). The molecule has 0 amide bonds. The summed E-state index contributed by atoms with van der Waals surface area (Å²) >= 11 is 0. The van der Waals surface area contributed by atoms with E-state index in [1.807, 2.05) is 6.20 Å². The molecule has 1 aliphatic heterocycles. The molecule has 78 valence electrons. The van der Waals surface area contributed by atoms with Gasteiger partial charge in [0.15, 0.2) is 0 Å². The number of nitrogens with one attached hydrogen (secondary N) is 2. The van der Waals surface area contributed by atoms with Gasteiger partial charge in [-0.2, -0.15) is 0 Å². The molecule has 2 N–H and O–H groups in total. The number of nitrogens with zero attached hydrogens (tertiary/aromatic N) is 1. The van der Waals surface area contributed by atoms with Gasteiger partial charge < -0.3 is 15.2 Å². The van der Waals surface area contributed by atoms with Gasteiger partial charge in [-0.25, -0.2) is 0 Å². The van der Waals surface area contributed by atoms with Crippen LogP contribution in [0.25, 0.3) is 0 Å². The Labute approximate surface area is 85.5 Å². The van der Waals surface area contributed by atoms with Crippen LogP contribution in [0.5, 0.6) is 0 Å². The van der Waals surface area contributed by atoms with Crippen molar-refractivity contribution in [2.24, 2.45) is 0 Å². The molecule has 1 atom stereocenters. The van der Waals surface area contributed by atoms with Crippen LogP contribution in [0.15, 0.2) is 18.5 Å². The van der Waals surface area contributed by atoms with Gasteiger partial charge in [0.05, 0.1) is 0 Å². The van der Waals surface area contributed by atoms with Crippen molar-refractivity contribution in [2.75, 3.05) is 26.7 Å².